The average molecular weight is 812 g/mol. The molecule has 1 fully saturated rings. The molecule has 3 amide bonds. The molecule has 0 spiro atoms. The van der Waals surface area contributed by atoms with Crippen molar-refractivity contribution >= 4 is 34.8 Å². The minimum Gasteiger partial charge on any atom is -0.464 e. The van der Waals surface area contributed by atoms with Crippen molar-refractivity contribution in [3.8, 4) is 22.6 Å². The van der Waals surface area contributed by atoms with Crippen LogP contribution in [0, 0.1) is 11.3 Å². The van der Waals surface area contributed by atoms with Gasteiger partial charge in [-0.2, -0.15) is 0 Å². The van der Waals surface area contributed by atoms with Gasteiger partial charge < -0.3 is 28.5 Å². The third kappa shape index (κ3) is 7.94. The number of carbonyl (C=O) groups is 4. The number of carbonyl (C=O) groups excluding carboxylic acids is 4. The van der Waals surface area contributed by atoms with Crippen LogP contribution in [0.5, 0.6) is 0 Å². The van der Waals surface area contributed by atoms with Crippen molar-refractivity contribution in [2.75, 3.05) is 27.3 Å². The normalized spacial score (nSPS) is 22.3. The Morgan fingerprint density at radius 2 is 1.92 bits per heavy atom. The fourth-order valence-corrected chi connectivity index (χ4v) is 8.96. The summed E-state index contributed by atoms with van der Waals surface area (Å²) in [4.78, 5) is 66.4. The van der Waals surface area contributed by atoms with Gasteiger partial charge in [0.05, 0.1) is 30.6 Å². The first-order valence-electron chi connectivity index (χ1n) is 20.5. The maximum atomic E-state index is 14.5. The summed E-state index contributed by atoms with van der Waals surface area (Å²) in [5, 5.41) is 5.27. The maximum Gasteiger partial charge on any atom is 0.410 e. The van der Waals surface area contributed by atoms with Gasteiger partial charge in [0.1, 0.15) is 29.8 Å². The Bertz CT molecular complexity index is 2250. The van der Waals surface area contributed by atoms with Crippen LogP contribution < -0.4 is 10.7 Å². The fraction of sp³-hybridized carbons (Fsp3) is 0.545. The molecule has 6 bridgehead atoms. The molecule has 5 atom stereocenters. The molecule has 3 aliphatic rings. The number of oxazole rings is 1. The quantitative estimate of drug-likeness (QED) is 0.214. The number of hydrogen-bond acceptors (Lipinski definition) is 11. The van der Waals surface area contributed by atoms with Crippen LogP contribution in [0.4, 0.5) is 4.79 Å². The number of cyclic esters (lactones) is 1. The summed E-state index contributed by atoms with van der Waals surface area (Å²) < 4.78 is 26.8. The van der Waals surface area contributed by atoms with Crippen LogP contribution in [0.1, 0.15) is 97.4 Å². The number of ether oxygens (including phenoxy) is 3. The Hall–Kier alpha value is -5.28. The van der Waals surface area contributed by atoms with E-state index in [2.05, 4.69) is 59.3 Å². The van der Waals surface area contributed by atoms with E-state index in [1.54, 1.807) is 40.3 Å². The van der Waals surface area contributed by atoms with Crippen LogP contribution in [0.25, 0.3) is 33.5 Å². The number of esters is 1. The summed E-state index contributed by atoms with van der Waals surface area (Å²) in [5.41, 5.74) is 7.39. The highest BCUT2D eigenvalue weighted by molar-refractivity contribution is 5.97. The molecule has 0 saturated carbocycles. The van der Waals surface area contributed by atoms with Crippen LogP contribution in [-0.4, -0.2) is 99.4 Å². The second-order valence-electron chi connectivity index (χ2n) is 17.9. The van der Waals surface area contributed by atoms with E-state index >= 15 is 0 Å². The Balaban J connectivity index is 1.33. The first-order chi connectivity index (χ1) is 27.9. The standard InChI is InChI=1S/C44H57N7O8/c1-11-50-30-17-16-25-20-27(30)33-34(38(56-10)35-26(37(33)50)14-12-18-45-35)44(7,8)23-57-41(54)28-15-13-19-51(48-28)40(53)29(21-32-46-22-31(25)58-32)47-39(52)36(24(2)3)49(9)42(55)59-43(4,5)6/h12,14,16-18,20,22,24,28-29,34,36,38,48H,11,13,15,19,21,23H2,1-10H3,(H,47,52)/t28-,29?,34?,36-,38-/m0/s1. The van der Waals surface area contributed by atoms with E-state index in [0.29, 0.717) is 25.1 Å². The summed E-state index contributed by atoms with van der Waals surface area (Å²) in [6.07, 6.45) is 3.16. The molecule has 15 nitrogen and oxygen atoms in total. The Labute approximate surface area is 345 Å². The van der Waals surface area contributed by atoms with Crippen LogP contribution in [0.3, 0.4) is 0 Å². The lowest BCUT2D eigenvalue weighted by molar-refractivity contribution is -0.156. The molecule has 4 aromatic rings. The molecule has 2 aliphatic heterocycles. The highest BCUT2D eigenvalue weighted by Crippen LogP contribution is 2.57. The summed E-state index contributed by atoms with van der Waals surface area (Å²) in [6, 6.07) is 7.23. The SMILES string of the molecule is CCn1c2c3c4cc(ccc41)-c1cnc(o1)CC(NC(=O)[C@H](C(C)C)N(C)C(=O)OC(C)(C)C)C(=O)N1CCC[C@H](N1)C(=O)OCC(C)(C)C3[C@H](OC)c1ncccc1-2. The fourth-order valence-electron chi connectivity index (χ4n) is 8.96. The van der Waals surface area contributed by atoms with Gasteiger partial charge in [0, 0.05) is 66.8 Å². The Kier molecular flexibility index (Phi) is 11.4. The van der Waals surface area contributed by atoms with Gasteiger partial charge in [0.2, 0.25) is 5.91 Å². The summed E-state index contributed by atoms with van der Waals surface area (Å²) in [5.74, 6) is -1.43. The van der Waals surface area contributed by atoms with Crippen molar-refractivity contribution in [2.24, 2.45) is 11.3 Å². The van der Waals surface area contributed by atoms with E-state index < -0.39 is 59.1 Å². The number of hydrogen-bond donors (Lipinski definition) is 2. The summed E-state index contributed by atoms with van der Waals surface area (Å²) >= 11 is 0. The van der Waals surface area contributed by atoms with Gasteiger partial charge >= 0.3 is 12.1 Å². The second-order valence-corrected chi connectivity index (χ2v) is 17.9. The largest absolute Gasteiger partial charge is 0.464 e. The van der Waals surface area contributed by atoms with Gasteiger partial charge in [-0.05, 0) is 82.3 Å². The number of likely N-dealkylation sites (N-methyl/N-ethyl adjacent to an activating group) is 1. The van der Waals surface area contributed by atoms with Crippen molar-refractivity contribution in [1.29, 1.82) is 0 Å². The topological polar surface area (TPSA) is 170 Å². The lowest BCUT2D eigenvalue weighted by atomic mass is 9.67. The lowest BCUT2D eigenvalue weighted by Gasteiger charge is -2.42. The van der Waals surface area contributed by atoms with E-state index in [4.69, 9.17) is 23.6 Å². The number of rotatable bonds is 6. The zero-order valence-electron chi connectivity index (χ0n) is 35.8. The molecular formula is C44H57N7O8. The Morgan fingerprint density at radius 1 is 1.15 bits per heavy atom. The number of pyridine rings is 1. The molecule has 0 radical (unpaired) electrons. The van der Waals surface area contributed by atoms with Crippen LogP contribution in [-0.2, 0) is 41.6 Å². The zero-order valence-corrected chi connectivity index (χ0v) is 35.8. The van der Waals surface area contributed by atoms with Crippen molar-refractivity contribution in [3.63, 3.8) is 0 Å². The van der Waals surface area contributed by atoms with E-state index in [9.17, 15) is 19.2 Å². The van der Waals surface area contributed by atoms with Gasteiger partial charge in [-0.3, -0.25) is 29.3 Å². The number of methoxy groups -OCH3 is 1. The molecule has 2 unspecified atom stereocenters. The van der Waals surface area contributed by atoms with Crippen LogP contribution in [0.2, 0.25) is 0 Å². The molecule has 2 N–H and O–H groups in total. The second kappa shape index (κ2) is 16.1. The molecule has 59 heavy (non-hydrogen) atoms. The first kappa shape index (κ1) is 41.9. The third-order valence-corrected chi connectivity index (χ3v) is 11.6. The summed E-state index contributed by atoms with van der Waals surface area (Å²) in [6.45, 7) is 16.2. The van der Waals surface area contributed by atoms with Crippen molar-refractivity contribution in [3.05, 3.63) is 59.9 Å². The molecule has 1 saturated heterocycles. The number of fused-ring (bicyclic) bond motifs is 8. The number of nitrogens with one attached hydrogen (secondary N) is 2. The predicted molar refractivity (Wildman–Crippen MR) is 220 cm³/mol. The molecule has 316 valence electrons. The molecular weight excluding hydrogens is 755 g/mol. The van der Waals surface area contributed by atoms with Gasteiger partial charge in [-0.25, -0.2) is 15.2 Å². The monoisotopic (exact) mass is 811 g/mol. The number of aryl methyl sites for hydroxylation is 1. The van der Waals surface area contributed by atoms with Crippen molar-refractivity contribution in [1.82, 2.24) is 35.2 Å². The predicted octanol–water partition coefficient (Wildman–Crippen LogP) is 6.16. The highest BCUT2D eigenvalue weighted by Gasteiger charge is 2.48. The van der Waals surface area contributed by atoms with Crippen LogP contribution in [0.15, 0.2) is 47.1 Å². The number of amides is 3. The minimum absolute atomic E-state index is 0.0640. The molecule has 7 rings (SSSR count). The number of hydrazine groups is 1. The molecule has 1 aliphatic carbocycles. The van der Waals surface area contributed by atoms with Crippen molar-refractivity contribution in [2.45, 2.75) is 117 Å². The van der Waals surface area contributed by atoms with Crippen LogP contribution >= 0.6 is 0 Å². The minimum atomic E-state index is -1.17. The molecule has 3 aromatic heterocycles. The van der Waals surface area contributed by atoms with Gasteiger partial charge in [0.15, 0.2) is 11.7 Å². The smallest absolute Gasteiger partial charge is 0.410 e. The third-order valence-electron chi connectivity index (χ3n) is 11.6. The van der Waals surface area contributed by atoms with E-state index in [-0.39, 0.29) is 37.3 Å². The van der Waals surface area contributed by atoms with Gasteiger partial charge in [-0.1, -0.05) is 27.7 Å². The number of benzene rings is 1. The average Bonchev–Trinajstić information content (AvgIpc) is 3.80. The number of nitrogens with zero attached hydrogens (tertiary/aromatic N) is 5. The summed E-state index contributed by atoms with van der Waals surface area (Å²) in [7, 11) is 3.20. The molecule has 15 heteroatoms. The zero-order chi connectivity index (χ0) is 42.6. The van der Waals surface area contributed by atoms with E-state index in [0.717, 1.165) is 39.0 Å². The van der Waals surface area contributed by atoms with Gasteiger partial charge in [-0.15, -0.1) is 0 Å². The first-order valence-corrected chi connectivity index (χ1v) is 20.5. The Morgan fingerprint density at radius 3 is 2.61 bits per heavy atom. The lowest BCUT2D eigenvalue weighted by Crippen LogP contribution is -2.62. The molecule has 1 aromatic carbocycles. The van der Waals surface area contributed by atoms with E-state index in [1.165, 1.54) is 17.0 Å². The number of aromatic nitrogens is 3. The molecule has 5 heterocycles. The van der Waals surface area contributed by atoms with Crippen molar-refractivity contribution < 1.29 is 37.8 Å². The van der Waals surface area contributed by atoms with Gasteiger partial charge in [0.25, 0.3) is 5.91 Å². The maximum absolute atomic E-state index is 14.5. The highest BCUT2D eigenvalue weighted by atomic mass is 16.6. The van der Waals surface area contributed by atoms with E-state index in [1.807, 2.05) is 26.0 Å².